The third kappa shape index (κ3) is 7.91. The van der Waals surface area contributed by atoms with E-state index in [9.17, 15) is 18.0 Å². The molecule has 2 aromatic rings. The van der Waals surface area contributed by atoms with Crippen LogP contribution in [0.2, 0.25) is 10.0 Å². The van der Waals surface area contributed by atoms with Gasteiger partial charge in [-0.25, -0.2) is 8.42 Å². The van der Waals surface area contributed by atoms with Crippen LogP contribution in [-0.4, -0.2) is 50.0 Å². The molecule has 0 saturated heterocycles. The number of nitrogens with one attached hydrogen (secondary N) is 1. The smallest absolute Gasteiger partial charge is 0.244 e. The lowest BCUT2D eigenvalue weighted by Crippen LogP contribution is -2.52. The predicted molar refractivity (Wildman–Crippen MR) is 133 cm³/mol. The molecule has 33 heavy (non-hydrogen) atoms. The van der Waals surface area contributed by atoms with E-state index in [1.807, 2.05) is 44.2 Å². The summed E-state index contributed by atoms with van der Waals surface area (Å²) in [5.41, 5.74) is 0.977. The second-order valence-corrected chi connectivity index (χ2v) is 10.7. The average Bonchev–Trinajstić information content (AvgIpc) is 2.74. The summed E-state index contributed by atoms with van der Waals surface area (Å²) in [7, 11) is -3.85. The van der Waals surface area contributed by atoms with Gasteiger partial charge in [0.25, 0.3) is 0 Å². The standard InChI is InChI=1S/C23H29Cl2N3O4S/c1-5-16(2)26-23(30)17(3)27(14-18-9-7-6-8-10-18)22(29)15-28(33(4,31)32)21-12-19(24)11-20(25)13-21/h6-13,16-17H,5,14-15H2,1-4H3,(H,26,30)/t16-,17+/m1/s1. The number of halogens is 2. The van der Waals surface area contributed by atoms with Crippen molar-refractivity contribution in [3.8, 4) is 0 Å². The van der Waals surface area contributed by atoms with Gasteiger partial charge in [0.1, 0.15) is 12.6 Å². The van der Waals surface area contributed by atoms with E-state index >= 15 is 0 Å². The molecule has 2 atom stereocenters. The molecule has 2 amide bonds. The normalized spacial score (nSPS) is 13.2. The zero-order chi connectivity index (χ0) is 24.8. The molecule has 0 radical (unpaired) electrons. The quantitative estimate of drug-likeness (QED) is 0.518. The molecule has 0 aliphatic heterocycles. The fourth-order valence-electron chi connectivity index (χ4n) is 3.13. The number of nitrogens with zero attached hydrogens (tertiary/aromatic N) is 2. The van der Waals surface area contributed by atoms with Crippen LogP contribution in [0.3, 0.4) is 0 Å². The van der Waals surface area contributed by atoms with Crippen molar-refractivity contribution in [3.05, 3.63) is 64.1 Å². The fourth-order valence-corrected chi connectivity index (χ4v) is 4.47. The summed E-state index contributed by atoms with van der Waals surface area (Å²) in [5.74, 6) is -0.850. The highest BCUT2D eigenvalue weighted by molar-refractivity contribution is 7.92. The summed E-state index contributed by atoms with van der Waals surface area (Å²) in [5, 5.41) is 3.36. The molecule has 0 aliphatic carbocycles. The number of hydrogen-bond donors (Lipinski definition) is 1. The van der Waals surface area contributed by atoms with Crippen LogP contribution >= 0.6 is 23.2 Å². The Morgan fingerprint density at radius 3 is 2.12 bits per heavy atom. The van der Waals surface area contributed by atoms with Crippen molar-refractivity contribution >= 4 is 50.7 Å². The summed E-state index contributed by atoms with van der Waals surface area (Å²) in [6.45, 7) is 5.08. The van der Waals surface area contributed by atoms with Crippen LogP contribution in [0.1, 0.15) is 32.8 Å². The zero-order valence-corrected chi connectivity index (χ0v) is 21.4. The zero-order valence-electron chi connectivity index (χ0n) is 19.1. The molecule has 0 unspecified atom stereocenters. The first-order chi connectivity index (χ1) is 15.4. The molecule has 180 valence electrons. The number of carbonyl (C=O) groups excluding carboxylic acids is 2. The van der Waals surface area contributed by atoms with Crippen LogP contribution in [0, 0.1) is 0 Å². The van der Waals surface area contributed by atoms with E-state index in [-0.39, 0.29) is 34.2 Å². The number of amides is 2. The first-order valence-corrected chi connectivity index (χ1v) is 13.1. The van der Waals surface area contributed by atoms with Gasteiger partial charge in [-0.3, -0.25) is 13.9 Å². The van der Waals surface area contributed by atoms with Gasteiger partial charge in [0.05, 0.1) is 11.9 Å². The first-order valence-electron chi connectivity index (χ1n) is 10.5. The molecule has 2 rings (SSSR count). The van der Waals surface area contributed by atoms with Crippen LogP contribution in [0.15, 0.2) is 48.5 Å². The first kappa shape index (κ1) is 27.0. The molecule has 2 aromatic carbocycles. The van der Waals surface area contributed by atoms with Crippen LogP contribution in [0.5, 0.6) is 0 Å². The third-order valence-corrected chi connectivity index (χ3v) is 6.76. The van der Waals surface area contributed by atoms with Gasteiger partial charge in [-0.2, -0.15) is 0 Å². The summed E-state index contributed by atoms with van der Waals surface area (Å²) in [4.78, 5) is 27.6. The molecule has 0 saturated carbocycles. The van der Waals surface area contributed by atoms with E-state index in [2.05, 4.69) is 5.32 Å². The second-order valence-electron chi connectivity index (χ2n) is 7.90. The SMILES string of the molecule is CC[C@@H](C)NC(=O)[C@H](C)N(Cc1ccccc1)C(=O)CN(c1cc(Cl)cc(Cl)c1)S(C)(=O)=O. The van der Waals surface area contributed by atoms with Crippen LogP contribution in [-0.2, 0) is 26.2 Å². The number of benzene rings is 2. The third-order valence-electron chi connectivity index (χ3n) is 5.18. The van der Waals surface area contributed by atoms with Crippen LogP contribution in [0.4, 0.5) is 5.69 Å². The molecule has 0 aromatic heterocycles. The highest BCUT2D eigenvalue weighted by Crippen LogP contribution is 2.27. The van der Waals surface area contributed by atoms with E-state index in [0.29, 0.717) is 0 Å². The van der Waals surface area contributed by atoms with Gasteiger partial charge in [0.2, 0.25) is 21.8 Å². The molecule has 0 bridgehead atoms. The summed E-state index contributed by atoms with van der Waals surface area (Å²) in [6, 6.07) is 12.6. The van der Waals surface area contributed by atoms with Gasteiger partial charge in [0.15, 0.2) is 0 Å². The van der Waals surface area contributed by atoms with Gasteiger partial charge >= 0.3 is 0 Å². The Balaban J connectivity index is 2.39. The van der Waals surface area contributed by atoms with E-state index < -0.39 is 28.5 Å². The van der Waals surface area contributed by atoms with Crippen LogP contribution < -0.4 is 9.62 Å². The lowest BCUT2D eigenvalue weighted by molar-refractivity contribution is -0.139. The Labute approximate surface area is 205 Å². The van der Waals surface area contributed by atoms with Gasteiger partial charge in [-0.05, 0) is 44.0 Å². The Morgan fingerprint density at radius 1 is 1.03 bits per heavy atom. The van der Waals surface area contributed by atoms with Gasteiger partial charge in [0, 0.05) is 22.6 Å². The van der Waals surface area contributed by atoms with E-state index in [4.69, 9.17) is 23.2 Å². The maximum atomic E-state index is 13.4. The summed E-state index contributed by atoms with van der Waals surface area (Å²) >= 11 is 12.1. The molecule has 0 fully saturated rings. The van der Waals surface area contributed by atoms with Crippen molar-refractivity contribution in [2.75, 3.05) is 17.1 Å². The van der Waals surface area contributed by atoms with Gasteiger partial charge in [-0.1, -0.05) is 60.5 Å². The summed E-state index contributed by atoms with van der Waals surface area (Å²) in [6.07, 6.45) is 1.73. The van der Waals surface area contributed by atoms with Crippen molar-refractivity contribution in [3.63, 3.8) is 0 Å². The average molecular weight is 514 g/mol. The van der Waals surface area contributed by atoms with Gasteiger partial charge < -0.3 is 10.2 Å². The number of rotatable bonds is 10. The minimum absolute atomic E-state index is 0.0604. The number of sulfonamides is 1. The highest BCUT2D eigenvalue weighted by Gasteiger charge is 2.30. The largest absolute Gasteiger partial charge is 0.352 e. The molecule has 7 nitrogen and oxygen atoms in total. The molecule has 10 heteroatoms. The molecule has 0 aliphatic rings. The molecule has 1 N–H and O–H groups in total. The van der Waals surface area contributed by atoms with Crippen molar-refractivity contribution in [1.29, 1.82) is 0 Å². The minimum atomic E-state index is -3.85. The van der Waals surface area contributed by atoms with Crippen molar-refractivity contribution in [1.82, 2.24) is 10.2 Å². The molecular formula is C23H29Cl2N3O4S. The van der Waals surface area contributed by atoms with Crippen molar-refractivity contribution in [2.45, 2.75) is 45.8 Å². The maximum absolute atomic E-state index is 13.4. The fraction of sp³-hybridized carbons (Fsp3) is 0.391. The Hall–Kier alpha value is -2.29. The number of hydrogen-bond acceptors (Lipinski definition) is 4. The topological polar surface area (TPSA) is 86.8 Å². The Morgan fingerprint density at radius 2 is 1.61 bits per heavy atom. The molecular weight excluding hydrogens is 485 g/mol. The van der Waals surface area contributed by atoms with E-state index in [1.54, 1.807) is 6.92 Å². The number of anilines is 1. The summed E-state index contributed by atoms with van der Waals surface area (Å²) < 4.78 is 26.0. The maximum Gasteiger partial charge on any atom is 0.244 e. The predicted octanol–water partition coefficient (Wildman–Crippen LogP) is 4.09. The lowest BCUT2D eigenvalue weighted by atomic mass is 10.1. The van der Waals surface area contributed by atoms with E-state index in [1.165, 1.54) is 23.1 Å². The van der Waals surface area contributed by atoms with Gasteiger partial charge in [-0.15, -0.1) is 0 Å². The second kappa shape index (κ2) is 11.7. The van der Waals surface area contributed by atoms with Crippen molar-refractivity contribution in [2.24, 2.45) is 0 Å². The highest BCUT2D eigenvalue weighted by atomic mass is 35.5. The molecule has 0 heterocycles. The monoisotopic (exact) mass is 513 g/mol. The Bertz CT molecular complexity index is 1060. The Kier molecular flexibility index (Phi) is 9.57. The molecule has 0 spiro atoms. The lowest BCUT2D eigenvalue weighted by Gasteiger charge is -2.32. The van der Waals surface area contributed by atoms with Crippen molar-refractivity contribution < 1.29 is 18.0 Å². The minimum Gasteiger partial charge on any atom is -0.352 e. The number of carbonyl (C=O) groups is 2. The van der Waals surface area contributed by atoms with E-state index in [0.717, 1.165) is 22.5 Å². The van der Waals surface area contributed by atoms with Crippen LogP contribution in [0.25, 0.3) is 0 Å².